The number of nitrogen functional groups attached to an aromatic ring is 2. The zero-order valence-electron chi connectivity index (χ0n) is 12.5. The zero-order valence-corrected chi connectivity index (χ0v) is 12.5. The average Bonchev–Trinajstić information content (AvgIpc) is 2.48. The standard InChI is InChI=1S/C17H22N2O2/c1-12(14-3-7-16(18)8-4-14)20-11-21-13(2)15-5-9-17(19)10-6-15/h3-10,12-13H,11,18-19H2,1-2H3. The minimum atomic E-state index is -0.0378. The van der Waals surface area contributed by atoms with Gasteiger partial charge in [-0.1, -0.05) is 24.3 Å². The summed E-state index contributed by atoms with van der Waals surface area (Å²) in [4.78, 5) is 0. The van der Waals surface area contributed by atoms with E-state index in [4.69, 9.17) is 20.9 Å². The van der Waals surface area contributed by atoms with Gasteiger partial charge in [0.15, 0.2) is 0 Å². The van der Waals surface area contributed by atoms with Crippen molar-refractivity contribution in [2.75, 3.05) is 18.3 Å². The molecular formula is C17H22N2O2. The molecule has 0 aromatic heterocycles. The maximum Gasteiger partial charge on any atom is 0.148 e. The molecule has 2 aromatic carbocycles. The van der Waals surface area contributed by atoms with E-state index < -0.39 is 0 Å². The molecule has 0 aliphatic heterocycles. The fourth-order valence-corrected chi connectivity index (χ4v) is 1.97. The number of ether oxygens (including phenoxy) is 2. The van der Waals surface area contributed by atoms with E-state index in [1.54, 1.807) is 0 Å². The Balaban J connectivity index is 1.80. The first-order valence-electron chi connectivity index (χ1n) is 7.00. The van der Waals surface area contributed by atoms with Crippen molar-refractivity contribution in [3.8, 4) is 0 Å². The molecule has 0 saturated carbocycles. The topological polar surface area (TPSA) is 70.5 Å². The SMILES string of the molecule is CC(OCOC(C)c1ccc(N)cc1)c1ccc(N)cc1. The van der Waals surface area contributed by atoms with Crippen LogP contribution in [0.2, 0.25) is 0 Å². The molecule has 2 unspecified atom stereocenters. The van der Waals surface area contributed by atoms with E-state index >= 15 is 0 Å². The van der Waals surface area contributed by atoms with Crippen molar-refractivity contribution in [2.24, 2.45) is 0 Å². The highest BCUT2D eigenvalue weighted by molar-refractivity contribution is 5.40. The third-order valence-corrected chi connectivity index (χ3v) is 3.45. The minimum Gasteiger partial charge on any atom is -0.399 e. The van der Waals surface area contributed by atoms with Crippen molar-refractivity contribution in [3.63, 3.8) is 0 Å². The van der Waals surface area contributed by atoms with Gasteiger partial charge in [-0.25, -0.2) is 0 Å². The highest BCUT2D eigenvalue weighted by Gasteiger charge is 2.09. The quantitative estimate of drug-likeness (QED) is 0.628. The maximum atomic E-state index is 5.70. The second-order valence-corrected chi connectivity index (χ2v) is 5.07. The lowest BCUT2D eigenvalue weighted by Crippen LogP contribution is -2.08. The molecule has 0 aliphatic rings. The second kappa shape index (κ2) is 7.11. The monoisotopic (exact) mass is 286 g/mol. The van der Waals surface area contributed by atoms with Crippen LogP contribution in [0.3, 0.4) is 0 Å². The summed E-state index contributed by atoms with van der Waals surface area (Å²) < 4.78 is 11.4. The molecule has 0 fully saturated rings. The van der Waals surface area contributed by atoms with Crippen LogP contribution in [0, 0.1) is 0 Å². The summed E-state index contributed by atoms with van der Waals surface area (Å²) in [5.41, 5.74) is 15.0. The number of rotatable bonds is 6. The lowest BCUT2D eigenvalue weighted by molar-refractivity contribution is -0.112. The van der Waals surface area contributed by atoms with E-state index in [-0.39, 0.29) is 19.0 Å². The van der Waals surface area contributed by atoms with E-state index in [1.165, 1.54) is 0 Å². The summed E-state index contributed by atoms with van der Waals surface area (Å²) in [6, 6.07) is 15.3. The summed E-state index contributed by atoms with van der Waals surface area (Å²) in [6.07, 6.45) is -0.0755. The number of nitrogens with two attached hydrogens (primary N) is 2. The molecule has 0 amide bonds. The molecule has 2 aromatic rings. The van der Waals surface area contributed by atoms with Crippen LogP contribution in [0.15, 0.2) is 48.5 Å². The number of hydrogen-bond donors (Lipinski definition) is 2. The minimum absolute atomic E-state index is 0.0378. The Morgan fingerprint density at radius 3 is 1.38 bits per heavy atom. The zero-order chi connectivity index (χ0) is 15.2. The summed E-state index contributed by atoms with van der Waals surface area (Å²) in [7, 11) is 0. The molecule has 4 nitrogen and oxygen atoms in total. The Hall–Kier alpha value is -2.04. The van der Waals surface area contributed by atoms with E-state index in [9.17, 15) is 0 Å². The van der Waals surface area contributed by atoms with E-state index in [0.29, 0.717) is 0 Å². The molecule has 21 heavy (non-hydrogen) atoms. The van der Waals surface area contributed by atoms with Gasteiger partial charge >= 0.3 is 0 Å². The van der Waals surface area contributed by atoms with Crippen LogP contribution >= 0.6 is 0 Å². The van der Waals surface area contributed by atoms with Gasteiger partial charge in [0.1, 0.15) is 6.79 Å². The Morgan fingerprint density at radius 1 is 0.714 bits per heavy atom. The van der Waals surface area contributed by atoms with Gasteiger partial charge in [-0.3, -0.25) is 0 Å². The smallest absolute Gasteiger partial charge is 0.148 e. The van der Waals surface area contributed by atoms with E-state index in [2.05, 4.69) is 0 Å². The molecule has 2 rings (SSSR count). The van der Waals surface area contributed by atoms with Gasteiger partial charge in [0, 0.05) is 11.4 Å². The lowest BCUT2D eigenvalue weighted by Gasteiger charge is -2.17. The summed E-state index contributed by atoms with van der Waals surface area (Å²) in [5, 5.41) is 0. The number of anilines is 2. The van der Waals surface area contributed by atoms with Crippen molar-refractivity contribution in [1.29, 1.82) is 0 Å². The second-order valence-electron chi connectivity index (χ2n) is 5.07. The van der Waals surface area contributed by atoms with Gasteiger partial charge in [0.25, 0.3) is 0 Å². The first kappa shape index (κ1) is 15.4. The third kappa shape index (κ3) is 4.48. The largest absolute Gasteiger partial charge is 0.399 e. The van der Waals surface area contributed by atoms with Gasteiger partial charge in [0.2, 0.25) is 0 Å². The highest BCUT2D eigenvalue weighted by atomic mass is 16.7. The van der Waals surface area contributed by atoms with Crippen LogP contribution in [0.1, 0.15) is 37.2 Å². The Bertz CT molecular complexity index is 501. The van der Waals surface area contributed by atoms with E-state index in [1.807, 2.05) is 62.4 Å². The van der Waals surface area contributed by atoms with Crippen LogP contribution in [0.4, 0.5) is 11.4 Å². The molecule has 0 spiro atoms. The van der Waals surface area contributed by atoms with E-state index in [0.717, 1.165) is 22.5 Å². The molecule has 0 bridgehead atoms. The predicted molar refractivity (Wildman–Crippen MR) is 85.6 cm³/mol. The number of benzene rings is 2. The maximum absolute atomic E-state index is 5.70. The fraction of sp³-hybridized carbons (Fsp3) is 0.294. The molecule has 0 radical (unpaired) electrons. The summed E-state index contributed by atoms with van der Waals surface area (Å²) in [6.45, 7) is 4.21. The van der Waals surface area contributed by atoms with Crippen LogP contribution in [0.5, 0.6) is 0 Å². The Morgan fingerprint density at radius 2 is 1.05 bits per heavy atom. The van der Waals surface area contributed by atoms with Crippen LogP contribution in [-0.2, 0) is 9.47 Å². The van der Waals surface area contributed by atoms with Crippen molar-refractivity contribution < 1.29 is 9.47 Å². The van der Waals surface area contributed by atoms with Gasteiger partial charge in [-0.2, -0.15) is 0 Å². The molecule has 0 heterocycles. The van der Waals surface area contributed by atoms with Crippen LogP contribution in [-0.4, -0.2) is 6.79 Å². The third-order valence-electron chi connectivity index (χ3n) is 3.45. The molecule has 4 heteroatoms. The Labute approximate surface area is 125 Å². The number of hydrogen-bond acceptors (Lipinski definition) is 4. The van der Waals surface area contributed by atoms with Gasteiger partial charge < -0.3 is 20.9 Å². The molecular weight excluding hydrogens is 264 g/mol. The highest BCUT2D eigenvalue weighted by Crippen LogP contribution is 2.21. The lowest BCUT2D eigenvalue weighted by atomic mass is 10.1. The Kier molecular flexibility index (Phi) is 5.20. The molecule has 0 aliphatic carbocycles. The average molecular weight is 286 g/mol. The van der Waals surface area contributed by atoms with Crippen molar-refractivity contribution in [2.45, 2.75) is 26.1 Å². The normalized spacial score (nSPS) is 13.8. The van der Waals surface area contributed by atoms with Gasteiger partial charge in [0.05, 0.1) is 12.2 Å². The molecule has 0 saturated heterocycles. The van der Waals surface area contributed by atoms with Gasteiger partial charge in [-0.15, -0.1) is 0 Å². The van der Waals surface area contributed by atoms with Crippen molar-refractivity contribution in [1.82, 2.24) is 0 Å². The first-order chi connectivity index (χ1) is 10.1. The summed E-state index contributed by atoms with van der Waals surface area (Å²) >= 11 is 0. The predicted octanol–water partition coefficient (Wildman–Crippen LogP) is 3.66. The first-order valence-corrected chi connectivity index (χ1v) is 7.00. The molecule has 112 valence electrons. The molecule has 2 atom stereocenters. The summed E-state index contributed by atoms with van der Waals surface area (Å²) in [5.74, 6) is 0. The van der Waals surface area contributed by atoms with Crippen LogP contribution in [0.25, 0.3) is 0 Å². The molecule has 4 N–H and O–H groups in total. The van der Waals surface area contributed by atoms with Crippen molar-refractivity contribution in [3.05, 3.63) is 59.7 Å². The fourth-order valence-electron chi connectivity index (χ4n) is 1.97. The van der Waals surface area contributed by atoms with Gasteiger partial charge in [-0.05, 0) is 49.2 Å². The van der Waals surface area contributed by atoms with Crippen LogP contribution < -0.4 is 11.5 Å². The van der Waals surface area contributed by atoms with Crippen molar-refractivity contribution >= 4 is 11.4 Å².